The fourth-order valence-electron chi connectivity index (χ4n) is 4.23. The maximum absolute atomic E-state index is 12.8. The molecule has 2 aromatic rings. The Kier molecular flexibility index (Phi) is 3.39. The first-order chi connectivity index (χ1) is 11.5. The first-order valence-electron chi connectivity index (χ1n) is 8.20. The van der Waals surface area contributed by atoms with Gasteiger partial charge in [0.1, 0.15) is 5.60 Å². The molecule has 0 amide bonds. The minimum atomic E-state index is -0.580. The smallest absolute Gasteiger partial charge is 0.333 e. The number of hydrogen-bond acceptors (Lipinski definition) is 3. The lowest BCUT2D eigenvalue weighted by molar-refractivity contribution is 0.0261. The molecule has 1 saturated carbocycles. The van der Waals surface area contributed by atoms with Crippen LogP contribution in [0.5, 0.6) is 5.88 Å². The summed E-state index contributed by atoms with van der Waals surface area (Å²) in [4.78, 5) is 25.0. The summed E-state index contributed by atoms with van der Waals surface area (Å²) in [5.74, 6) is 0.387. The zero-order chi connectivity index (χ0) is 17.1. The van der Waals surface area contributed by atoms with E-state index in [4.69, 9.17) is 16.3 Å². The number of benzene rings is 1. The molecule has 1 fully saturated rings. The van der Waals surface area contributed by atoms with Crippen molar-refractivity contribution in [1.82, 2.24) is 9.13 Å². The predicted molar refractivity (Wildman–Crippen MR) is 91.9 cm³/mol. The van der Waals surface area contributed by atoms with Crippen LogP contribution in [-0.2, 0) is 19.7 Å². The van der Waals surface area contributed by atoms with Crippen molar-refractivity contribution in [2.24, 2.45) is 14.1 Å². The van der Waals surface area contributed by atoms with E-state index in [1.165, 1.54) is 16.2 Å². The zero-order valence-corrected chi connectivity index (χ0v) is 14.5. The van der Waals surface area contributed by atoms with Crippen LogP contribution in [-0.4, -0.2) is 9.13 Å². The van der Waals surface area contributed by atoms with E-state index in [1.807, 2.05) is 24.3 Å². The van der Waals surface area contributed by atoms with E-state index in [1.54, 1.807) is 7.05 Å². The van der Waals surface area contributed by atoms with Crippen LogP contribution in [0.2, 0.25) is 5.02 Å². The van der Waals surface area contributed by atoms with E-state index in [2.05, 4.69) is 0 Å². The summed E-state index contributed by atoms with van der Waals surface area (Å²) in [6, 6.07) is 7.63. The molecular weight excluding hydrogens is 328 g/mol. The molecule has 2 aliphatic rings. The van der Waals surface area contributed by atoms with Crippen molar-refractivity contribution in [3.8, 4) is 5.88 Å². The molecular formula is C18H19ClN2O3. The zero-order valence-electron chi connectivity index (χ0n) is 13.7. The predicted octanol–water partition coefficient (Wildman–Crippen LogP) is 2.68. The monoisotopic (exact) mass is 346 g/mol. The summed E-state index contributed by atoms with van der Waals surface area (Å²) in [6.45, 7) is 0. The van der Waals surface area contributed by atoms with Crippen LogP contribution in [0.25, 0.3) is 0 Å². The van der Waals surface area contributed by atoms with Crippen LogP contribution in [0.15, 0.2) is 33.9 Å². The number of nitrogens with zero attached hydrogens (tertiary/aromatic N) is 2. The maximum atomic E-state index is 12.8. The van der Waals surface area contributed by atoms with Crippen LogP contribution in [0, 0.1) is 0 Å². The summed E-state index contributed by atoms with van der Waals surface area (Å²) >= 11 is 6.03. The minimum absolute atomic E-state index is 0.0343. The van der Waals surface area contributed by atoms with E-state index in [9.17, 15) is 9.59 Å². The molecule has 1 aliphatic carbocycles. The molecule has 0 N–H and O–H groups in total. The second-order valence-electron chi connectivity index (χ2n) is 6.72. The van der Waals surface area contributed by atoms with Crippen molar-refractivity contribution >= 4 is 11.6 Å². The Hall–Kier alpha value is -2.01. The maximum Gasteiger partial charge on any atom is 0.333 e. The standard InChI is InChI=1S/C18H19ClN2O3/c1-20-15(22)14-13-5-3-4-10-18(13,11-6-8-12(19)9-7-11)24-16(14)21(2)17(20)23/h6-9,13H,3-5,10H2,1-2H3/t13-,18+/m0/s1. The lowest BCUT2D eigenvalue weighted by Crippen LogP contribution is -2.40. The molecule has 1 aliphatic heterocycles. The summed E-state index contributed by atoms with van der Waals surface area (Å²) in [6.07, 6.45) is 3.78. The molecule has 5 nitrogen and oxygen atoms in total. The molecule has 126 valence electrons. The summed E-state index contributed by atoms with van der Waals surface area (Å²) in [5, 5.41) is 0.668. The fraction of sp³-hybridized carbons (Fsp3) is 0.444. The van der Waals surface area contributed by atoms with Crippen molar-refractivity contribution in [3.05, 3.63) is 61.3 Å². The Morgan fingerprint density at radius 3 is 2.54 bits per heavy atom. The number of fused-ring (bicyclic) bond motifs is 3. The minimum Gasteiger partial charge on any atom is -0.466 e. The molecule has 4 rings (SSSR count). The van der Waals surface area contributed by atoms with E-state index < -0.39 is 5.60 Å². The third kappa shape index (κ3) is 1.94. The average Bonchev–Trinajstić information content (AvgIpc) is 2.95. The second kappa shape index (κ2) is 5.24. The summed E-state index contributed by atoms with van der Waals surface area (Å²) in [7, 11) is 3.18. The molecule has 2 heterocycles. The van der Waals surface area contributed by atoms with Crippen LogP contribution >= 0.6 is 11.6 Å². The van der Waals surface area contributed by atoms with Gasteiger partial charge in [-0.25, -0.2) is 4.79 Å². The SMILES string of the molecule is Cn1c2c(c(=O)n(C)c1=O)[C@@H]1CCCC[C@]1(c1ccc(Cl)cc1)O2. The molecule has 0 saturated heterocycles. The topological polar surface area (TPSA) is 53.2 Å². The highest BCUT2D eigenvalue weighted by molar-refractivity contribution is 6.30. The quantitative estimate of drug-likeness (QED) is 0.797. The molecule has 2 atom stereocenters. The molecule has 0 spiro atoms. The number of ether oxygens (including phenoxy) is 1. The molecule has 0 unspecified atom stereocenters. The van der Waals surface area contributed by atoms with Gasteiger partial charge in [0.25, 0.3) is 5.56 Å². The van der Waals surface area contributed by atoms with Crippen molar-refractivity contribution in [3.63, 3.8) is 0 Å². The molecule has 6 heteroatoms. The first-order valence-corrected chi connectivity index (χ1v) is 8.58. The van der Waals surface area contributed by atoms with Gasteiger partial charge in [0.15, 0.2) is 0 Å². The van der Waals surface area contributed by atoms with Gasteiger partial charge < -0.3 is 4.74 Å². The number of aromatic nitrogens is 2. The molecule has 24 heavy (non-hydrogen) atoms. The van der Waals surface area contributed by atoms with E-state index in [0.29, 0.717) is 16.5 Å². The van der Waals surface area contributed by atoms with Crippen molar-refractivity contribution in [2.45, 2.75) is 37.2 Å². The van der Waals surface area contributed by atoms with Crippen molar-refractivity contribution in [1.29, 1.82) is 0 Å². The summed E-state index contributed by atoms with van der Waals surface area (Å²) in [5.41, 5.74) is 0.471. The lowest BCUT2D eigenvalue weighted by Gasteiger charge is -2.38. The van der Waals surface area contributed by atoms with Crippen molar-refractivity contribution in [2.75, 3.05) is 0 Å². The Bertz CT molecular complexity index is 929. The highest BCUT2D eigenvalue weighted by Gasteiger charge is 2.53. The third-order valence-electron chi connectivity index (χ3n) is 5.46. The Morgan fingerprint density at radius 2 is 1.83 bits per heavy atom. The van der Waals surface area contributed by atoms with Gasteiger partial charge >= 0.3 is 5.69 Å². The van der Waals surface area contributed by atoms with Gasteiger partial charge in [0, 0.05) is 25.0 Å². The van der Waals surface area contributed by atoms with Crippen LogP contribution in [0.3, 0.4) is 0 Å². The Balaban J connectivity index is 1.98. The number of hydrogen-bond donors (Lipinski definition) is 0. The van der Waals surface area contributed by atoms with Gasteiger partial charge in [-0.3, -0.25) is 13.9 Å². The van der Waals surface area contributed by atoms with Gasteiger partial charge in [-0.15, -0.1) is 0 Å². The Labute approximate surface area is 144 Å². The van der Waals surface area contributed by atoms with Crippen LogP contribution < -0.4 is 16.0 Å². The molecule has 1 aromatic carbocycles. The van der Waals surface area contributed by atoms with Crippen LogP contribution in [0.1, 0.15) is 42.7 Å². The fourth-order valence-corrected chi connectivity index (χ4v) is 4.35. The van der Waals surface area contributed by atoms with E-state index in [-0.39, 0.29) is 17.2 Å². The van der Waals surface area contributed by atoms with Gasteiger partial charge in [-0.2, -0.15) is 0 Å². The first kappa shape index (κ1) is 15.5. The number of halogens is 1. The van der Waals surface area contributed by atoms with E-state index in [0.717, 1.165) is 31.2 Å². The average molecular weight is 347 g/mol. The summed E-state index contributed by atoms with van der Waals surface area (Å²) < 4.78 is 9.00. The van der Waals surface area contributed by atoms with Crippen LogP contribution in [0.4, 0.5) is 0 Å². The highest BCUT2D eigenvalue weighted by Crippen LogP contribution is 2.55. The second-order valence-corrected chi connectivity index (χ2v) is 7.16. The highest BCUT2D eigenvalue weighted by atomic mass is 35.5. The molecule has 0 radical (unpaired) electrons. The van der Waals surface area contributed by atoms with Gasteiger partial charge in [0.05, 0.1) is 5.56 Å². The van der Waals surface area contributed by atoms with Gasteiger partial charge in [-0.1, -0.05) is 30.2 Å². The van der Waals surface area contributed by atoms with Gasteiger partial charge in [0.2, 0.25) is 5.88 Å². The normalized spacial score (nSPS) is 25.0. The van der Waals surface area contributed by atoms with E-state index >= 15 is 0 Å². The lowest BCUT2D eigenvalue weighted by atomic mass is 9.70. The third-order valence-corrected chi connectivity index (χ3v) is 5.71. The Morgan fingerprint density at radius 1 is 1.12 bits per heavy atom. The van der Waals surface area contributed by atoms with Crippen molar-refractivity contribution < 1.29 is 4.74 Å². The molecule has 1 aromatic heterocycles. The largest absolute Gasteiger partial charge is 0.466 e. The molecule has 0 bridgehead atoms. The number of rotatable bonds is 1. The van der Waals surface area contributed by atoms with Gasteiger partial charge in [-0.05, 0) is 37.0 Å².